The van der Waals surface area contributed by atoms with Crippen LogP contribution in [-0.4, -0.2) is 35.9 Å². The molecule has 4 nitrogen and oxygen atoms in total. The second-order valence-corrected chi connectivity index (χ2v) is 4.61. The summed E-state index contributed by atoms with van der Waals surface area (Å²) in [6.07, 6.45) is -6.07. The van der Waals surface area contributed by atoms with Crippen molar-refractivity contribution in [1.82, 2.24) is 4.98 Å². The maximum atomic E-state index is 12.9. The number of esters is 1. The first-order valence-corrected chi connectivity index (χ1v) is 6.20. The van der Waals surface area contributed by atoms with Crippen molar-refractivity contribution in [3.63, 3.8) is 0 Å². The molecule has 1 fully saturated rings. The van der Waals surface area contributed by atoms with Crippen molar-refractivity contribution in [3.05, 3.63) is 29.6 Å². The number of rotatable bonds is 3. The highest BCUT2D eigenvalue weighted by Crippen LogP contribution is 2.31. The van der Waals surface area contributed by atoms with Gasteiger partial charge in [-0.3, -0.25) is 4.98 Å². The minimum absolute atomic E-state index is 0.0113. The number of carbonyl (C=O) groups excluding carboxylic acids is 1. The number of hydrogen-bond donors (Lipinski definition) is 0. The largest absolute Gasteiger partial charge is 0.446 e. The lowest BCUT2D eigenvalue weighted by Gasteiger charge is -2.25. The first-order valence-electron chi connectivity index (χ1n) is 6.20. The molecule has 0 amide bonds. The van der Waals surface area contributed by atoms with Gasteiger partial charge in [0.15, 0.2) is 0 Å². The summed E-state index contributed by atoms with van der Waals surface area (Å²) in [5.74, 6) is -1.05. The Morgan fingerprint density at radius 2 is 2.25 bits per heavy atom. The summed E-state index contributed by atoms with van der Waals surface area (Å²) in [5, 5.41) is 0. The molecular weight excluding hydrogens is 275 g/mol. The van der Waals surface area contributed by atoms with E-state index in [4.69, 9.17) is 4.74 Å². The van der Waals surface area contributed by atoms with Gasteiger partial charge in [0.25, 0.3) is 0 Å². The minimum Gasteiger partial charge on any atom is -0.446 e. The van der Waals surface area contributed by atoms with Crippen LogP contribution in [-0.2, 0) is 9.47 Å². The van der Waals surface area contributed by atoms with Crippen molar-refractivity contribution >= 4 is 5.97 Å². The number of hydrogen-bond acceptors (Lipinski definition) is 4. The van der Waals surface area contributed by atoms with E-state index in [1.807, 2.05) is 0 Å². The summed E-state index contributed by atoms with van der Waals surface area (Å²) >= 11 is 0. The topological polar surface area (TPSA) is 48.4 Å². The molecule has 2 heterocycles. The van der Waals surface area contributed by atoms with E-state index in [2.05, 4.69) is 9.72 Å². The lowest BCUT2D eigenvalue weighted by molar-refractivity contribution is -0.230. The first-order chi connectivity index (χ1) is 9.38. The Hall–Kier alpha value is -1.63. The third-order valence-corrected chi connectivity index (χ3v) is 3.01. The summed E-state index contributed by atoms with van der Waals surface area (Å²) in [4.78, 5) is 15.6. The zero-order chi connectivity index (χ0) is 14.8. The summed E-state index contributed by atoms with van der Waals surface area (Å²) < 4.78 is 48.4. The van der Waals surface area contributed by atoms with Crippen molar-refractivity contribution in [2.45, 2.75) is 38.1 Å². The molecule has 0 unspecified atom stereocenters. The molecule has 0 spiro atoms. The molecule has 20 heavy (non-hydrogen) atoms. The monoisotopic (exact) mass is 289 g/mol. The molecule has 1 aromatic rings. The van der Waals surface area contributed by atoms with Crippen LogP contribution in [0.5, 0.6) is 0 Å². The third-order valence-electron chi connectivity index (χ3n) is 3.01. The molecule has 2 rings (SSSR count). The Bertz CT molecular complexity index is 467. The van der Waals surface area contributed by atoms with E-state index in [1.54, 1.807) is 6.92 Å². The molecular formula is C13H14F3NO3. The zero-order valence-corrected chi connectivity index (χ0v) is 10.8. The summed E-state index contributed by atoms with van der Waals surface area (Å²) in [6.45, 7) is 1.96. The van der Waals surface area contributed by atoms with Crippen LogP contribution in [0.2, 0.25) is 0 Å². The maximum Gasteiger partial charge on any atom is 0.428 e. The Labute approximate surface area is 113 Å². The summed E-state index contributed by atoms with van der Waals surface area (Å²) in [5.41, 5.74) is 0.649. The van der Waals surface area contributed by atoms with Crippen LogP contribution in [0, 0.1) is 6.92 Å². The lowest BCUT2D eigenvalue weighted by Crippen LogP contribution is -2.43. The molecule has 0 radical (unpaired) electrons. The molecule has 0 saturated carbocycles. The Kier molecular flexibility index (Phi) is 4.27. The number of carbonyl (C=O) groups is 1. The molecule has 0 bridgehead atoms. The predicted octanol–water partition coefficient (Wildman–Crippen LogP) is 2.66. The van der Waals surface area contributed by atoms with Crippen molar-refractivity contribution in [2.24, 2.45) is 0 Å². The van der Waals surface area contributed by atoms with Crippen molar-refractivity contribution in [1.29, 1.82) is 0 Å². The first kappa shape index (κ1) is 14.8. The van der Waals surface area contributed by atoms with E-state index in [0.717, 1.165) is 0 Å². The average Bonchev–Trinajstić information content (AvgIpc) is 2.88. The van der Waals surface area contributed by atoms with Crippen LogP contribution in [0.15, 0.2) is 18.3 Å². The summed E-state index contributed by atoms with van der Waals surface area (Å²) in [6, 6.07) is 2.92. The van der Waals surface area contributed by atoms with Crippen LogP contribution in [0.3, 0.4) is 0 Å². The van der Waals surface area contributed by atoms with Crippen LogP contribution < -0.4 is 0 Å². The molecule has 7 heteroatoms. The SMILES string of the molecule is Cc1ccc(C(=O)O[C@H]([C@@H]2CCCO2)C(F)(F)F)cn1. The zero-order valence-electron chi connectivity index (χ0n) is 10.8. The van der Waals surface area contributed by atoms with Gasteiger partial charge in [-0.15, -0.1) is 0 Å². The van der Waals surface area contributed by atoms with Crippen LogP contribution in [0.1, 0.15) is 28.9 Å². The highest BCUT2D eigenvalue weighted by Gasteiger charge is 2.49. The predicted molar refractivity (Wildman–Crippen MR) is 63.2 cm³/mol. The molecule has 2 atom stereocenters. The molecule has 110 valence electrons. The van der Waals surface area contributed by atoms with Gasteiger partial charge >= 0.3 is 12.1 Å². The number of aryl methyl sites for hydroxylation is 1. The fourth-order valence-electron chi connectivity index (χ4n) is 1.97. The highest BCUT2D eigenvalue weighted by molar-refractivity contribution is 5.89. The Balaban J connectivity index is 2.11. The lowest BCUT2D eigenvalue weighted by atomic mass is 10.1. The Morgan fingerprint density at radius 1 is 1.50 bits per heavy atom. The van der Waals surface area contributed by atoms with Gasteiger partial charge in [-0.1, -0.05) is 0 Å². The van der Waals surface area contributed by atoms with Gasteiger partial charge in [0.1, 0.15) is 6.10 Å². The molecule has 1 saturated heterocycles. The van der Waals surface area contributed by atoms with Crippen molar-refractivity contribution in [2.75, 3.05) is 6.61 Å². The molecule has 1 aromatic heterocycles. The van der Waals surface area contributed by atoms with Crippen LogP contribution in [0.4, 0.5) is 13.2 Å². The summed E-state index contributed by atoms with van der Waals surface area (Å²) in [7, 11) is 0. The van der Waals surface area contributed by atoms with Crippen molar-refractivity contribution in [3.8, 4) is 0 Å². The third kappa shape index (κ3) is 3.47. The van der Waals surface area contributed by atoms with E-state index in [0.29, 0.717) is 12.1 Å². The molecule has 0 aliphatic carbocycles. The number of pyridine rings is 1. The van der Waals surface area contributed by atoms with E-state index in [1.165, 1.54) is 18.3 Å². The minimum atomic E-state index is -4.65. The van der Waals surface area contributed by atoms with Crippen LogP contribution >= 0.6 is 0 Å². The van der Waals surface area contributed by atoms with Crippen molar-refractivity contribution < 1.29 is 27.4 Å². The standard InChI is InChI=1S/C13H14F3NO3/c1-8-4-5-9(7-17-8)12(18)20-11(13(14,15)16)10-3-2-6-19-10/h4-5,7,10-11H,2-3,6H2,1H3/t10-,11+/m0/s1. The van der Waals surface area contributed by atoms with Gasteiger partial charge in [-0.05, 0) is 31.9 Å². The van der Waals surface area contributed by atoms with Gasteiger partial charge in [0, 0.05) is 18.5 Å². The van der Waals surface area contributed by atoms with Gasteiger partial charge in [0.05, 0.1) is 5.56 Å². The second-order valence-electron chi connectivity index (χ2n) is 4.61. The van der Waals surface area contributed by atoms with Gasteiger partial charge in [-0.25, -0.2) is 4.79 Å². The van der Waals surface area contributed by atoms with E-state index in [-0.39, 0.29) is 18.6 Å². The number of aromatic nitrogens is 1. The molecule has 1 aliphatic heterocycles. The fraction of sp³-hybridized carbons (Fsp3) is 0.538. The number of halogens is 3. The highest BCUT2D eigenvalue weighted by atomic mass is 19.4. The quantitative estimate of drug-likeness (QED) is 0.803. The average molecular weight is 289 g/mol. The van der Waals surface area contributed by atoms with E-state index >= 15 is 0 Å². The van der Waals surface area contributed by atoms with Gasteiger partial charge in [-0.2, -0.15) is 13.2 Å². The number of ether oxygens (including phenoxy) is 2. The van der Waals surface area contributed by atoms with E-state index < -0.39 is 24.4 Å². The maximum absolute atomic E-state index is 12.9. The smallest absolute Gasteiger partial charge is 0.428 e. The Morgan fingerprint density at radius 3 is 2.75 bits per heavy atom. The van der Waals surface area contributed by atoms with E-state index in [9.17, 15) is 18.0 Å². The van der Waals surface area contributed by atoms with Crippen LogP contribution in [0.25, 0.3) is 0 Å². The molecule has 1 aliphatic rings. The van der Waals surface area contributed by atoms with Gasteiger partial charge in [0.2, 0.25) is 6.10 Å². The molecule has 0 N–H and O–H groups in total. The second kappa shape index (κ2) is 5.78. The fourth-order valence-corrected chi connectivity index (χ4v) is 1.97. The number of alkyl halides is 3. The van der Waals surface area contributed by atoms with Gasteiger partial charge < -0.3 is 9.47 Å². The molecule has 0 aromatic carbocycles. The number of nitrogens with zero attached hydrogens (tertiary/aromatic N) is 1. The normalized spacial score (nSPS) is 20.7.